The third kappa shape index (κ3) is 5.19. The first kappa shape index (κ1) is 13.4. The van der Waals surface area contributed by atoms with Crippen molar-refractivity contribution in [1.29, 1.82) is 0 Å². The van der Waals surface area contributed by atoms with Crippen LogP contribution >= 0.6 is 0 Å². The topological polar surface area (TPSA) is 60.8 Å². The van der Waals surface area contributed by atoms with Crippen molar-refractivity contribution in [2.45, 2.75) is 32.8 Å². The lowest BCUT2D eigenvalue weighted by Gasteiger charge is -2.25. The molecule has 2 N–H and O–H groups in total. The molecule has 0 saturated heterocycles. The van der Waals surface area contributed by atoms with Gasteiger partial charge in [-0.15, -0.1) is 0 Å². The fraction of sp³-hybridized carbons (Fsp3) is 0.900. The summed E-state index contributed by atoms with van der Waals surface area (Å²) >= 11 is 0. The lowest BCUT2D eigenvalue weighted by atomic mass is 10.1. The molecule has 0 aromatic carbocycles. The molecule has 14 heavy (non-hydrogen) atoms. The Morgan fingerprint density at radius 3 is 2.36 bits per heavy atom. The van der Waals surface area contributed by atoms with Crippen LogP contribution in [0.2, 0.25) is 0 Å². The predicted molar refractivity (Wildman–Crippen MR) is 55.2 cm³/mol. The van der Waals surface area contributed by atoms with Gasteiger partial charge in [-0.1, -0.05) is 13.8 Å². The van der Waals surface area contributed by atoms with Crippen LogP contribution in [0.5, 0.6) is 0 Å². The molecule has 4 heteroatoms. The Labute approximate surface area is 85.5 Å². The van der Waals surface area contributed by atoms with Crippen LogP contribution in [0.25, 0.3) is 0 Å². The van der Waals surface area contributed by atoms with E-state index in [1.54, 1.807) is 0 Å². The number of carbonyl (C=O) groups is 1. The van der Waals surface area contributed by atoms with Crippen LogP contribution in [0.4, 0.5) is 0 Å². The Bertz CT molecular complexity index is 190. The summed E-state index contributed by atoms with van der Waals surface area (Å²) in [5, 5.41) is 18.2. The molecule has 0 aromatic rings. The highest BCUT2D eigenvalue weighted by Gasteiger charge is 2.30. The summed E-state index contributed by atoms with van der Waals surface area (Å²) in [6.45, 7) is 6.52. The second kappa shape index (κ2) is 5.32. The van der Waals surface area contributed by atoms with E-state index in [1.165, 1.54) is 6.92 Å². The summed E-state index contributed by atoms with van der Waals surface area (Å²) < 4.78 is 0. The van der Waals surface area contributed by atoms with E-state index in [0.717, 1.165) is 13.0 Å². The number of aliphatic carboxylic acids is 1. The normalized spacial score (nSPS) is 15.9. The lowest BCUT2D eigenvalue weighted by Crippen LogP contribution is -2.45. The van der Waals surface area contributed by atoms with Crippen LogP contribution in [0.3, 0.4) is 0 Å². The smallest absolute Gasteiger partial charge is 0.336 e. The molecule has 0 spiro atoms. The second-order valence-electron chi connectivity index (χ2n) is 4.50. The molecular formula is C10H21NO3. The molecule has 1 unspecified atom stereocenters. The van der Waals surface area contributed by atoms with Gasteiger partial charge >= 0.3 is 5.97 Å². The first-order valence-corrected chi connectivity index (χ1v) is 4.90. The van der Waals surface area contributed by atoms with Gasteiger partial charge in [-0.2, -0.15) is 0 Å². The minimum atomic E-state index is -1.65. The second-order valence-corrected chi connectivity index (χ2v) is 4.50. The van der Waals surface area contributed by atoms with Crippen LogP contribution in [0.1, 0.15) is 27.2 Å². The number of rotatable bonds is 6. The minimum absolute atomic E-state index is 0.162. The average Bonchev–Trinajstić information content (AvgIpc) is 1.99. The molecule has 0 saturated carbocycles. The average molecular weight is 203 g/mol. The van der Waals surface area contributed by atoms with Crippen molar-refractivity contribution in [1.82, 2.24) is 4.90 Å². The van der Waals surface area contributed by atoms with Gasteiger partial charge in [0.25, 0.3) is 0 Å². The van der Waals surface area contributed by atoms with Crippen molar-refractivity contribution in [3.63, 3.8) is 0 Å². The Morgan fingerprint density at radius 1 is 1.50 bits per heavy atom. The van der Waals surface area contributed by atoms with Crippen LogP contribution in [0.15, 0.2) is 0 Å². The molecule has 0 fully saturated rings. The van der Waals surface area contributed by atoms with Gasteiger partial charge in [0.05, 0.1) is 0 Å². The van der Waals surface area contributed by atoms with Gasteiger partial charge in [0.2, 0.25) is 0 Å². The fourth-order valence-electron chi connectivity index (χ4n) is 1.15. The molecule has 84 valence electrons. The number of hydrogen-bond donors (Lipinski definition) is 2. The molecule has 0 bridgehead atoms. The van der Waals surface area contributed by atoms with Gasteiger partial charge in [0, 0.05) is 6.54 Å². The first-order chi connectivity index (χ1) is 6.25. The maximum absolute atomic E-state index is 10.6. The van der Waals surface area contributed by atoms with Crippen molar-refractivity contribution < 1.29 is 15.0 Å². The van der Waals surface area contributed by atoms with Gasteiger partial charge in [-0.3, -0.25) is 0 Å². The summed E-state index contributed by atoms with van der Waals surface area (Å²) in [7, 11) is 1.82. The van der Waals surface area contributed by atoms with E-state index in [1.807, 2.05) is 11.9 Å². The van der Waals surface area contributed by atoms with Crippen LogP contribution in [0, 0.1) is 5.92 Å². The van der Waals surface area contributed by atoms with Crippen molar-refractivity contribution in [2.75, 3.05) is 20.1 Å². The van der Waals surface area contributed by atoms with Crippen LogP contribution in [-0.4, -0.2) is 46.8 Å². The summed E-state index contributed by atoms with van der Waals surface area (Å²) in [6.07, 6.45) is 1.01. The SMILES string of the molecule is CC(C)CCN(C)CC(C)(O)C(=O)O. The van der Waals surface area contributed by atoms with Crippen molar-refractivity contribution in [2.24, 2.45) is 5.92 Å². The first-order valence-electron chi connectivity index (χ1n) is 4.90. The Morgan fingerprint density at radius 2 is 2.00 bits per heavy atom. The minimum Gasteiger partial charge on any atom is -0.479 e. The maximum atomic E-state index is 10.6. The summed E-state index contributed by atoms with van der Waals surface area (Å²) in [4.78, 5) is 12.5. The fourth-order valence-corrected chi connectivity index (χ4v) is 1.15. The molecule has 0 radical (unpaired) electrons. The number of carboxylic acid groups (broad SMARTS) is 1. The van der Waals surface area contributed by atoms with E-state index in [-0.39, 0.29) is 6.54 Å². The van der Waals surface area contributed by atoms with Crippen molar-refractivity contribution in [3.05, 3.63) is 0 Å². The zero-order chi connectivity index (χ0) is 11.4. The molecule has 0 aromatic heterocycles. The van der Waals surface area contributed by atoms with E-state index in [2.05, 4.69) is 13.8 Å². The molecule has 4 nitrogen and oxygen atoms in total. The highest BCUT2D eigenvalue weighted by molar-refractivity contribution is 5.76. The molecular weight excluding hydrogens is 182 g/mol. The molecule has 0 rings (SSSR count). The largest absolute Gasteiger partial charge is 0.479 e. The van der Waals surface area contributed by atoms with Crippen LogP contribution < -0.4 is 0 Å². The third-order valence-electron chi connectivity index (χ3n) is 2.13. The van der Waals surface area contributed by atoms with Gasteiger partial charge in [0.15, 0.2) is 5.60 Å². The van der Waals surface area contributed by atoms with E-state index in [9.17, 15) is 9.90 Å². The standard InChI is InChI=1S/C10H21NO3/c1-8(2)5-6-11(4)7-10(3,14)9(12)13/h8,14H,5-7H2,1-4H3,(H,12,13). The molecule has 0 aliphatic heterocycles. The Balaban J connectivity index is 3.93. The highest BCUT2D eigenvalue weighted by atomic mass is 16.4. The number of carboxylic acids is 1. The van der Waals surface area contributed by atoms with Gasteiger partial charge < -0.3 is 15.1 Å². The van der Waals surface area contributed by atoms with Crippen molar-refractivity contribution >= 4 is 5.97 Å². The number of hydrogen-bond acceptors (Lipinski definition) is 3. The van der Waals surface area contributed by atoms with Gasteiger partial charge in [0.1, 0.15) is 0 Å². The Hall–Kier alpha value is -0.610. The summed E-state index contributed by atoms with van der Waals surface area (Å²) in [5.74, 6) is -0.582. The molecule has 0 amide bonds. The van der Waals surface area contributed by atoms with Crippen LogP contribution in [-0.2, 0) is 4.79 Å². The molecule has 0 aliphatic carbocycles. The number of nitrogens with zero attached hydrogens (tertiary/aromatic N) is 1. The quantitative estimate of drug-likeness (QED) is 0.670. The van der Waals surface area contributed by atoms with Gasteiger partial charge in [-0.05, 0) is 32.9 Å². The van der Waals surface area contributed by atoms with E-state index in [4.69, 9.17) is 5.11 Å². The van der Waals surface area contributed by atoms with E-state index < -0.39 is 11.6 Å². The maximum Gasteiger partial charge on any atom is 0.336 e. The lowest BCUT2D eigenvalue weighted by molar-refractivity contribution is -0.158. The molecule has 0 aliphatic rings. The van der Waals surface area contributed by atoms with E-state index >= 15 is 0 Å². The zero-order valence-corrected chi connectivity index (χ0v) is 9.45. The Kier molecular flexibility index (Phi) is 5.08. The summed E-state index contributed by atoms with van der Waals surface area (Å²) in [6, 6.07) is 0. The molecule has 1 atom stereocenters. The third-order valence-corrected chi connectivity index (χ3v) is 2.13. The number of likely N-dealkylation sites (N-methyl/N-ethyl adjacent to an activating group) is 1. The van der Waals surface area contributed by atoms with Gasteiger partial charge in [-0.25, -0.2) is 4.79 Å². The summed E-state index contributed by atoms with van der Waals surface area (Å²) in [5.41, 5.74) is -1.65. The molecule has 0 heterocycles. The zero-order valence-electron chi connectivity index (χ0n) is 9.45. The van der Waals surface area contributed by atoms with Crippen molar-refractivity contribution in [3.8, 4) is 0 Å². The highest BCUT2D eigenvalue weighted by Crippen LogP contribution is 2.07. The predicted octanol–water partition coefficient (Wildman–Crippen LogP) is 0.800. The monoisotopic (exact) mass is 203 g/mol. The van der Waals surface area contributed by atoms with E-state index in [0.29, 0.717) is 5.92 Å². The number of aliphatic hydroxyl groups is 1.